The summed E-state index contributed by atoms with van der Waals surface area (Å²) in [4.78, 5) is 57.6. The van der Waals surface area contributed by atoms with Gasteiger partial charge in [0.05, 0.1) is 25.3 Å². The predicted octanol–water partition coefficient (Wildman–Crippen LogP) is 2.50. The predicted molar refractivity (Wildman–Crippen MR) is 134 cm³/mol. The van der Waals surface area contributed by atoms with Crippen LogP contribution in [0.15, 0.2) is 60.7 Å². The number of urea groups is 2. The highest BCUT2D eigenvalue weighted by Gasteiger charge is 2.57. The molecule has 0 radical (unpaired) electrons. The lowest BCUT2D eigenvalue weighted by molar-refractivity contribution is -0.134. The van der Waals surface area contributed by atoms with Crippen molar-refractivity contribution in [1.82, 2.24) is 19.6 Å². The maximum absolute atomic E-state index is 13.4. The minimum atomic E-state index is -1.32. The molecule has 2 saturated heterocycles. The van der Waals surface area contributed by atoms with E-state index in [2.05, 4.69) is 0 Å². The Bertz CT molecular complexity index is 1110. The molecular weight excluding hydrogens is 476 g/mol. The van der Waals surface area contributed by atoms with E-state index >= 15 is 0 Å². The van der Waals surface area contributed by atoms with Crippen LogP contribution < -0.4 is 0 Å². The standard InChI is InChI=1S/C27H32N4O6/c1-26(2)22(34)28(15-20(32)18-11-7-5-8-12-18)24(36)30(26)17-31-25(37)29(23(35)27(31,3)4)16-21(33)19-13-9-6-10-14-19/h5-14,20-21,32-33H,15-17H2,1-4H3. The van der Waals surface area contributed by atoms with Crippen molar-refractivity contribution in [2.75, 3.05) is 19.8 Å². The summed E-state index contributed by atoms with van der Waals surface area (Å²) in [6.07, 6.45) is -2.16. The first-order valence-electron chi connectivity index (χ1n) is 12.1. The van der Waals surface area contributed by atoms with Crippen molar-refractivity contribution in [2.45, 2.75) is 51.0 Å². The Hall–Kier alpha value is -3.76. The van der Waals surface area contributed by atoms with Gasteiger partial charge in [-0.05, 0) is 38.8 Å². The summed E-state index contributed by atoms with van der Waals surface area (Å²) in [5.41, 5.74) is -1.50. The van der Waals surface area contributed by atoms with Gasteiger partial charge in [0.1, 0.15) is 17.7 Å². The van der Waals surface area contributed by atoms with Crippen molar-refractivity contribution >= 4 is 23.9 Å². The van der Waals surface area contributed by atoms with Gasteiger partial charge in [0.25, 0.3) is 11.8 Å². The van der Waals surface area contributed by atoms with Crippen LogP contribution in [0.1, 0.15) is 51.0 Å². The number of amides is 6. The van der Waals surface area contributed by atoms with E-state index in [-0.39, 0.29) is 19.8 Å². The normalized spacial score (nSPS) is 20.7. The Morgan fingerprint density at radius 2 is 0.946 bits per heavy atom. The van der Waals surface area contributed by atoms with Crippen LogP contribution in [0.5, 0.6) is 0 Å². The number of rotatable bonds is 8. The van der Waals surface area contributed by atoms with Crippen LogP contribution in [-0.2, 0) is 9.59 Å². The number of hydrogen-bond donors (Lipinski definition) is 2. The summed E-state index contributed by atoms with van der Waals surface area (Å²) >= 11 is 0. The highest BCUT2D eigenvalue weighted by Crippen LogP contribution is 2.34. The zero-order valence-corrected chi connectivity index (χ0v) is 21.4. The van der Waals surface area contributed by atoms with E-state index in [9.17, 15) is 29.4 Å². The number of aliphatic hydroxyl groups excluding tert-OH is 2. The Labute approximate surface area is 215 Å². The molecule has 2 unspecified atom stereocenters. The van der Waals surface area contributed by atoms with Crippen molar-refractivity contribution < 1.29 is 29.4 Å². The molecule has 2 aliphatic heterocycles. The average molecular weight is 509 g/mol. The number of hydrogen-bond acceptors (Lipinski definition) is 6. The Morgan fingerprint density at radius 3 is 1.27 bits per heavy atom. The summed E-state index contributed by atoms with van der Waals surface area (Å²) in [5, 5.41) is 21.3. The highest BCUT2D eigenvalue weighted by molar-refractivity contribution is 6.08. The maximum Gasteiger partial charge on any atom is 0.329 e. The van der Waals surface area contributed by atoms with Gasteiger partial charge < -0.3 is 10.2 Å². The third-order valence-electron chi connectivity index (χ3n) is 7.17. The number of carbonyl (C=O) groups is 4. The number of carbonyl (C=O) groups excluding carboxylic acids is 4. The molecule has 0 aromatic heterocycles. The topological polar surface area (TPSA) is 122 Å². The van der Waals surface area contributed by atoms with Crippen LogP contribution in [0.3, 0.4) is 0 Å². The van der Waals surface area contributed by atoms with Crippen LogP contribution in [0, 0.1) is 0 Å². The molecule has 0 aliphatic carbocycles. The summed E-state index contributed by atoms with van der Waals surface area (Å²) in [5.74, 6) is -1.03. The smallest absolute Gasteiger partial charge is 0.329 e. The molecule has 2 heterocycles. The van der Waals surface area contributed by atoms with Crippen molar-refractivity contribution in [3.63, 3.8) is 0 Å². The van der Waals surface area contributed by atoms with Gasteiger partial charge in [-0.15, -0.1) is 0 Å². The van der Waals surface area contributed by atoms with Gasteiger partial charge in [0, 0.05) is 0 Å². The lowest BCUT2D eigenvalue weighted by atomic mass is 10.0. The zero-order valence-electron chi connectivity index (χ0n) is 21.4. The second kappa shape index (κ2) is 9.60. The van der Waals surface area contributed by atoms with Gasteiger partial charge in [-0.25, -0.2) is 9.59 Å². The molecule has 2 atom stereocenters. The van der Waals surface area contributed by atoms with Gasteiger partial charge >= 0.3 is 12.1 Å². The molecule has 196 valence electrons. The molecule has 4 rings (SSSR count). The maximum atomic E-state index is 13.4. The lowest BCUT2D eigenvalue weighted by Gasteiger charge is -2.36. The zero-order chi connectivity index (χ0) is 27.1. The Balaban J connectivity index is 1.53. The van der Waals surface area contributed by atoms with E-state index in [0.29, 0.717) is 11.1 Å². The monoisotopic (exact) mass is 508 g/mol. The van der Waals surface area contributed by atoms with E-state index < -0.39 is 47.2 Å². The second-order valence-corrected chi connectivity index (χ2v) is 10.4. The van der Waals surface area contributed by atoms with Crippen LogP contribution in [0.4, 0.5) is 9.59 Å². The minimum Gasteiger partial charge on any atom is -0.387 e. The van der Waals surface area contributed by atoms with Gasteiger partial charge in [-0.1, -0.05) is 60.7 Å². The van der Waals surface area contributed by atoms with Crippen molar-refractivity contribution in [1.29, 1.82) is 0 Å². The molecule has 2 aromatic rings. The average Bonchev–Trinajstić information content (AvgIpc) is 3.14. The SMILES string of the molecule is CC1(C)C(=O)N(CC(O)c2ccccc2)C(=O)N1CN1C(=O)N(CC(O)c2ccccc2)C(=O)C1(C)C. The fourth-order valence-electron chi connectivity index (χ4n) is 4.68. The minimum absolute atomic E-state index is 0.243. The molecule has 2 N–H and O–H groups in total. The molecule has 2 aliphatic rings. The molecule has 0 bridgehead atoms. The molecule has 10 heteroatoms. The van der Waals surface area contributed by atoms with E-state index in [1.165, 1.54) is 9.80 Å². The first-order valence-corrected chi connectivity index (χ1v) is 12.1. The fourth-order valence-corrected chi connectivity index (χ4v) is 4.68. The molecule has 2 aromatic carbocycles. The summed E-state index contributed by atoms with van der Waals surface area (Å²) in [6.45, 7) is 5.46. The van der Waals surface area contributed by atoms with E-state index in [4.69, 9.17) is 0 Å². The van der Waals surface area contributed by atoms with E-state index in [0.717, 1.165) is 9.80 Å². The first kappa shape index (κ1) is 26.3. The molecule has 6 amide bonds. The van der Waals surface area contributed by atoms with Crippen LogP contribution in [0.2, 0.25) is 0 Å². The Kier molecular flexibility index (Phi) is 6.83. The van der Waals surface area contributed by atoms with Gasteiger partial charge in [0.2, 0.25) is 0 Å². The second-order valence-electron chi connectivity index (χ2n) is 10.4. The van der Waals surface area contributed by atoms with Crippen LogP contribution >= 0.6 is 0 Å². The molecule has 0 spiro atoms. The van der Waals surface area contributed by atoms with Crippen molar-refractivity contribution in [2.24, 2.45) is 0 Å². The molecule has 0 saturated carbocycles. The largest absolute Gasteiger partial charge is 0.387 e. The first-order chi connectivity index (χ1) is 17.4. The summed E-state index contributed by atoms with van der Waals surface area (Å²) < 4.78 is 0. The fraction of sp³-hybridized carbons (Fsp3) is 0.407. The van der Waals surface area contributed by atoms with E-state index in [1.807, 2.05) is 0 Å². The number of benzene rings is 2. The number of imide groups is 2. The number of aliphatic hydroxyl groups is 2. The van der Waals surface area contributed by atoms with Gasteiger partial charge in [0.15, 0.2) is 0 Å². The van der Waals surface area contributed by atoms with Crippen LogP contribution in [-0.4, -0.2) is 84.5 Å². The number of nitrogens with zero attached hydrogens (tertiary/aromatic N) is 4. The quantitative estimate of drug-likeness (QED) is 0.529. The highest BCUT2D eigenvalue weighted by atomic mass is 16.3. The third kappa shape index (κ3) is 4.58. The number of β-amino-alcohol motifs (C(OH)–C–C–N with tert-alkyl or cyclic N) is 2. The molecular formula is C27H32N4O6. The van der Waals surface area contributed by atoms with Gasteiger partial charge in [-0.3, -0.25) is 29.2 Å². The molecule has 37 heavy (non-hydrogen) atoms. The molecule has 10 nitrogen and oxygen atoms in total. The summed E-state index contributed by atoms with van der Waals surface area (Å²) in [6, 6.07) is 16.1. The van der Waals surface area contributed by atoms with Gasteiger partial charge in [-0.2, -0.15) is 0 Å². The van der Waals surface area contributed by atoms with Crippen LogP contribution in [0.25, 0.3) is 0 Å². The van der Waals surface area contributed by atoms with E-state index in [1.54, 1.807) is 88.4 Å². The summed E-state index contributed by atoms with van der Waals surface area (Å²) in [7, 11) is 0. The van der Waals surface area contributed by atoms with Crippen molar-refractivity contribution in [3.8, 4) is 0 Å². The molecule has 2 fully saturated rings. The third-order valence-corrected chi connectivity index (χ3v) is 7.17. The Morgan fingerprint density at radius 1 is 0.622 bits per heavy atom. The van der Waals surface area contributed by atoms with Crippen molar-refractivity contribution in [3.05, 3.63) is 71.8 Å². The lowest BCUT2D eigenvalue weighted by Crippen LogP contribution is -2.55.